The van der Waals surface area contributed by atoms with E-state index in [9.17, 15) is 14.7 Å². The number of Topliss-reactive ketones (excluding diaryl/α,β-unsaturated/α-hetero) is 1. The lowest BCUT2D eigenvalue weighted by Crippen LogP contribution is -2.63. The third kappa shape index (κ3) is 3.87. The number of ether oxygens (including phenoxy) is 3. The number of rotatable bonds is 6. The molecular weight excluding hydrogens is 516 g/mol. The number of aliphatic hydroxyl groups is 1. The first-order valence-electron chi connectivity index (χ1n) is 15.3. The molecule has 5 aliphatic rings. The molecule has 3 saturated carbocycles. The largest absolute Gasteiger partial charge is 0.486 e. The fraction of sp³-hybridized carbons (Fsp3) is 0.543. The van der Waals surface area contributed by atoms with Crippen LogP contribution in [0.25, 0.3) is 10.8 Å². The second-order valence-corrected chi connectivity index (χ2v) is 13.4. The smallest absolute Gasteiger partial charge is 0.205 e. The van der Waals surface area contributed by atoms with E-state index >= 15 is 0 Å². The summed E-state index contributed by atoms with van der Waals surface area (Å²) in [4.78, 5) is 26.6. The summed E-state index contributed by atoms with van der Waals surface area (Å²) in [5, 5.41) is 14.1. The molecule has 1 N–H and O–H groups in total. The minimum absolute atomic E-state index is 0.0174. The highest BCUT2D eigenvalue weighted by Crippen LogP contribution is 2.69. The number of ketones is 2. The fourth-order valence-corrected chi connectivity index (χ4v) is 9.52. The third-order valence-corrected chi connectivity index (χ3v) is 11.3. The van der Waals surface area contributed by atoms with Crippen molar-refractivity contribution in [3.63, 3.8) is 0 Å². The van der Waals surface area contributed by atoms with E-state index < -0.39 is 23.4 Å². The molecule has 0 amide bonds. The SMILES string of the molecule is CCCC1O[C@@H]2CC3C4CCC5=CC(=O)C=CC5(C)C4C(O)CC3(C)[C@]2(C(=O)COc2ccc3ccccc3c2)O1. The maximum absolute atomic E-state index is 14.4. The molecule has 7 unspecified atom stereocenters. The van der Waals surface area contributed by atoms with Gasteiger partial charge in [0.05, 0.1) is 12.2 Å². The van der Waals surface area contributed by atoms with Crippen molar-refractivity contribution in [3.05, 3.63) is 66.3 Å². The third-order valence-electron chi connectivity index (χ3n) is 11.3. The van der Waals surface area contributed by atoms with Gasteiger partial charge in [0.25, 0.3) is 0 Å². The van der Waals surface area contributed by atoms with Crippen molar-refractivity contribution in [2.75, 3.05) is 6.61 Å². The van der Waals surface area contributed by atoms with Gasteiger partial charge in [0.15, 0.2) is 17.7 Å². The first-order valence-corrected chi connectivity index (χ1v) is 15.3. The minimum atomic E-state index is -1.17. The zero-order chi connectivity index (χ0) is 28.6. The molecule has 9 atom stereocenters. The average Bonchev–Trinajstić information content (AvgIpc) is 3.44. The van der Waals surface area contributed by atoms with Gasteiger partial charge in [-0.3, -0.25) is 9.59 Å². The molecular formula is C35H40O6. The summed E-state index contributed by atoms with van der Waals surface area (Å²) in [6, 6.07) is 14.0. The van der Waals surface area contributed by atoms with Gasteiger partial charge in [0.2, 0.25) is 5.78 Å². The summed E-state index contributed by atoms with van der Waals surface area (Å²) in [5.74, 6) is 0.901. The first kappa shape index (κ1) is 27.1. The van der Waals surface area contributed by atoms with Crippen LogP contribution in [0.5, 0.6) is 5.75 Å². The van der Waals surface area contributed by atoms with Crippen molar-refractivity contribution < 1.29 is 28.9 Å². The van der Waals surface area contributed by atoms with Crippen molar-refractivity contribution in [2.45, 2.75) is 83.4 Å². The topological polar surface area (TPSA) is 82.1 Å². The standard InChI is InChI=1S/C35H40O6/c1-4-7-31-40-30-18-27-26-13-11-23-17-24(36)14-15-33(23,2)32(26)28(37)19-34(27,3)35(30,41-31)29(38)20-39-25-12-10-21-8-5-6-9-22(21)16-25/h5-6,8-10,12,14-17,26-28,30-32,37H,4,7,11,13,18-20H2,1-3H3/t26?,27?,28?,30-,31?,32?,33?,34?,35-/m1/s1. The van der Waals surface area contributed by atoms with Gasteiger partial charge in [-0.2, -0.15) is 0 Å². The molecule has 1 aliphatic heterocycles. The van der Waals surface area contributed by atoms with Gasteiger partial charge >= 0.3 is 0 Å². The normalized spacial score (nSPS) is 40.9. The summed E-state index contributed by atoms with van der Waals surface area (Å²) < 4.78 is 19.4. The van der Waals surface area contributed by atoms with Crippen LogP contribution in [0.2, 0.25) is 0 Å². The number of allylic oxidation sites excluding steroid dienone is 4. The average molecular weight is 557 g/mol. The van der Waals surface area contributed by atoms with E-state index in [-0.39, 0.29) is 47.4 Å². The molecule has 6 heteroatoms. The quantitative estimate of drug-likeness (QED) is 0.473. The van der Waals surface area contributed by atoms with E-state index in [4.69, 9.17) is 14.2 Å². The van der Waals surface area contributed by atoms with Crippen LogP contribution < -0.4 is 4.74 Å². The Balaban J connectivity index is 1.21. The lowest BCUT2D eigenvalue weighted by Gasteiger charge is -2.59. The highest BCUT2D eigenvalue weighted by atomic mass is 16.7. The van der Waals surface area contributed by atoms with Crippen molar-refractivity contribution >= 4 is 22.3 Å². The van der Waals surface area contributed by atoms with Gasteiger partial charge < -0.3 is 19.3 Å². The molecule has 0 bridgehead atoms. The Morgan fingerprint density at radius 2 is 1.95 bits per heavy atom. The van der Waals surface area contributed by atoms with Gasteiger partial charge in [0, 0.05) is 16.7 Å². The van der Waals surface area contributed by atoms with E-state index in [2.05, 4.69) is 26.8 Å². The molecule has 0 spiro atoms. The number of benzene rings is 2. The van der Waals surface area contributed by atoms with Crippen molar-refractivity contribution in [3.8, 4) is 5.75 Å². The van der Waals surface area contributed by atoms with Crippen LogP contribution in [-0.4, -0.2) is 47.4 Å². The Morgan fingerprint density at radius 3 is 2.76 bits per heavy atom. The van der Waals surface area contributed by atoms with Crippen molar-refractivity contribution in [2.24, 2.45) is 28.6 Å². The van der Waals surface area contributed by atoms with Crippen LogP contribution >= 0.6 is 0 Å². The Morgan fingerprint density at radius 1 is 1.15 bits per heavy atom. The Kier molecular flexibility index (Phi) is 6.35. The molecule has 7 rings (SSSR count). The van der Waals surface area contributed by atoms with Crippen LogP contribution in [0.1, 0.15) is 59.3 Å². The first-order chi connectivity index (χ1) is 19.7. The van der Waals surface area contributed by atoms with Gasteiger partial charge in [-0.25, -0.2) is 0 Å². The molecule has 1 heterocycles. The van der Waals surface area contributed by atoms with Gasteiger partial charge in [-0.05, 0) is 79.0 Å². The monoisotopic (exact) mass is 556 g/mol. The molecule has 6 nitrogen and oxygen atoms in total. The second kappa shape index (κ2) is 9.62. The molecule has 0 radical (unpaired) electrons. The van der Waals surface area contributed by atoms with Crippen LogP contribution in [0, 0.1) is 28.6 Å². The number of carbonyl (C=O) groups is 2. The zero-order valence-electron chi connectivity index (χ0n) is 24.2. The Hall–Kier alpha value is -2.80. The highest BCUT2D eigenvalue weighted by Gasteiger charge is 2.75. The Labute approximate surface area is 241 Å². The van der Waals surface area contributed by atoms with E-state index in [0.717, 1.165) is 48.4 Å². The number of aliphatic hydroxyl groups excluding tert-OH is 1. The molecule has 216 valence electrons. The summed E-state index contributed by atoms with van der Waals surface area (Å²) in [6.07, 6.45) is 8.50. The van der Waals surface area contributed by atoms with Crippen LogP contribution in [-0.2, 0) is 19.1 Å². The van der Waals surface area contributed by atoms with E-state index in [1.54, 1.807) is 12.2 Å². The lowest BCUT2D eigenvalue weighted by molar-refractivity contribution is -0.200. The summed E-state index contributed by atoms with van der Waals surface area (Å²) in [6.45, 7) is 6.30. The molecule has 4 fully saturated rings. The summed E-state index contributed by atoms with van der Waals surface area (Å²) >= 11 is 0. The van der Waals surface area contributed by atoms with E-state index in [0.29, 0.717) is 12.2 Å². The maximum atomic E-state index is 14.4. The van der Waals surface area contributed by atoms with Gasteiger partial charge in [-0.15, -0.1) is 0 Å². The predicted octanol–water partition coefficient (Wildman–Crippen LogP) is 5.96. The van der Waals surface area contributed by atoms with E-state index in [1.165, 1.54) is 0 Å². The molecule has 2 aromatic rings. The summed E-state index contributed by atoms with van der Waals surface area (Å²) in [7, 11) is 0. The molecule has 41 heavy (non-hydrogen) atoms. The number of fused-ring (bicyclic) bond motifs is 8. The number of hydrogen-bond donors (Lipinski definition) is 1. The molecule has 0 aromatic heterocycles. The van der Waals surface area contributed by atoms with Crippen molar-refractivity contribution in [1.82, 2.24) is 0 Å². The second-order valence-electron chi connectivity index (χ2n) is 13.4. The minimum Gasteiger partial charge on any atom is -0.486 e. The Bertz CT molecular complexity index is 1460. The summed E-state index contributed by atoms with van der Waals surface area (Å²) in [5.41, 5.74) is -1.01. The highest BCUT2D eigenvalue weighted by molar-refractivity contribution is 6.01. The molecule has 2 aromatic carbocycles. The zero-order valence-corrected chi connectivity index (χ0v) is 24.2. The lowest BCUT2D eigenvalue weighted by atomic mass is 9.46. The predicted molar refractivity (Wildman–Crippen MR) is 155 cm³/mol. The van der Waals surface area contributed by atoms with Crippen molar-refractivity contribution in [1.29, 1.82) is 0 Å². The maximum Gasteiger partial charge on any atom is 0.205 e. The van der Waals surface area contributed by atoms with Crippen LogP contribution in [0.3, 0.4) is 0 Å². The number of carbonyl (C=O) groups excluding carboxylic acids is 2. The number of hydrogen-bond acceptors (Lipinski definition) is 6. The molecule has 1 saturated heterocycles. The van der Waals surface area contributed by atoms with E-state index in [1.807, 2.05) is 42.5 Å². The fourth-order valence-electron chi connectivity index (χ4n) is 9.52. The molecule has 4 aliphatic carbocycles. The van der Waals surface area contributed by atoms with Crippen LogP contribution in [0.15, 0.2) is 66.3 Å². The van der Waals surface area contributed by atoms with Crippen LogP contribution in [0.4, 0.5) is 0 Å². The van der Waals surface area contributed by atoms with Gasteiger partial charge in [-0.1, -0.05) is 69.2 Å². The van der Waals surface area contributed by atoms with Gasteiger partial charge in [0.1, 0.15) is 12.4 Å².